The number of anilines is 3. The molecule has 0 saturated heterocycles. The molecule has 0 spiro atoms. The normalized spacial score (nSPS) is 11.9. The van der Waals surface area contributed by atoms with E-state index in [-0.39, 0.29) is 0 Å². The van der Waals surface area contributed by atoms with Gasteiger partial charge in [0.25, 0.3) is 0 Å². The number of fused-ring (bicyclic) bond motifs is 11. The van der Waals surface area contributed by atoms with Gasteiger partial charge in [-0.3, -0.25) is 4.40 Å². The van der Waals surface area contributed by atoms with Crippen LogP contribution in [0.15, 0.2) is 194 Å². The Morgan fingerprint density at radius 2 is 1.00 bits per heavy atom. The van der Waals surface area contributed by atoms with Gasteiger partial charge in [-0.25, -0.2) is 0 Å². The number of hydrogen-bond donors (Lipinski definition) is 0. The average Bonchev–Trinajstić information content (AvgIpc) is 3.92. The number of thiophene rings is 1. The third kappa shape index (κ3) is 4.86. The second kappa shape index (κ2) is 12.4. The lowest BCUT2D eigenvalue weighted by molar-refractivity contribution is 1.30. The van der Waals surface area contributed by atoms with E-state index in [9.17, 15) is 0 Å². The molecule has 0 aliphatic carbocycles. The number of nitrogens with zero attached hydrogens (tertiary/aromatic N) is 2. The van der Waals surface area contributed by atoms with Crippen molar-refractivity contribution in [1.29, 1.82) is 0 Å². The Labute approximate surface area is 331 Å². The number of para-hydroxylation sites is 1. The molecule has 3 heterocycles. The van der Waals surface area contributed by atoms with Gasteiger partial charge in [-0.15, -0.1) is 22.7 Å². The summed E-state index contributed by atoms with van der Waals surface area (Å²) in [5, 5.41) is 8.94. The predicted molar refractivity (Wildman–Crippen MR) is 244 cm³/mol. The van der Waals surface area contributed by atoms with Crippen LogP contribution in [0.4, 0.5) is 17.1 Å². The lowest BCUT2D eigenvalue weighted by Crippen LogP contribution is -2.09. The van der Waals surface area contributed by atoms with Crippen molar-refractivity contribution in [3.63, 3.8) is 0 Å². The molecule has 0 saturated carbocycles. The van der Waals surface area contributed by atoms with Crippen LogP contribution >= 0.6 is 22.7 Å². The quantitative estimate of drug-likeness (QED) is 0.159. The van der Waals surface area contributed by atoms with Gasteiger partial charge in [0.1, 0.15) is 4.83 Å². The molecule has 0 unspecified atom stereocenters. The minimum Gasteiger partial charge on any atom is -0.310 e. The highest BCUT2D eigenvalue weighted by Crippen LogP contribution is 2.45. The fraction of sp³-hybridized carbons (Fsp3) is 0. The van der Waals surface area contributed by atoms with Gasteiger partial charge in [0.05, 0.1) is 15.7 Å². The summed E-state index contributed by atoms with van der Waals surface area (Å²) in [5.74, 6) is 0. The minimum absolute atomic E-state index is 1.12. The number of benzene rings is 9. The Morgan fingerprint density at radius 3 is 1.89 bits per heavy atom. The highest BCUT2D eigenvalue weighted by Gasteiger charge is 2.19. The van der Waals surface area contributed by atoms with Crippen LogP contribution in [0, 0.1) is 0 Å². The highest BCUT2D eigenvalue weighted by atomic mass is 32.1. The first-order valence-electron chi connectivity index (χ1n) is 19.0. The number of rotatable bonds is 5. The summed E-state index contributed by atoms with van der Waals surface area (Å²) in [4.78, 5) is 3.70. The molecule has 12 aromatic rings. The molecule has 0 fully saturated rings. The van der Waals surface area contributed by atoms with Crippen molar-refractivity contribution in [2.24, 2.45) is 0 Å². The molecule has 0 radical (unpaired) electrons. The van der Waals surface area contributed by atoms with Gasteiger partial charge < -0.3 is 4.90 Å². The molecule has 0 amide bonds. The predicted octanol–water partition coefficient (Wildman–Crippen LogP) is 15.8. The summed E-state index contributed by atoms with van der Waals surface area (Å²) >= 11 is 3.74. The zero-order valence-corrected chi connectivity index (χ0v) is 31.8. The van der Waals surface area contributed by atoms with Crippen LogP contribution in [0.3, 0.4) is 0 Å². The first-order valence-corrected chi connectivity index (χ1v) is 20.6. The lowest BCUT2D eigenvalue weighted by Gasteiger charge is -2.26. The van der Waals surface area contributed by atoms with Crippen LogP contribution in [-0.2, 0) is 0 Å². The summed E-state index contributed by atoms with van der Waals surface area (Å²) in [6.07, 6.45) is 0. The van der Waals surface area contributed by atoms with E-state index in [1.54, 1.807) is 0 Å². The van der Waals surface area contributed by atoms with Crippen molar-refractivity contribution in [3.05, 3.63) is 194 Å². The van der Waals surface area contributed by atoms with E-state index < -0.39 is 0 Å². The third-order valence-corrected chi connectivity index (χ3v) is 13.6. The lowest BCUT2D eigenvalue weighted by atomic mass is 10.0. The van der Waals surface area contributed by atoms with Crippen molar-refractivity contribution in [2.75, 3.05) is 4.90 Å². The number of aromatic nitrogens is 1. The molecule has 9 aromatic carbocycles. The van der Waals surface area contributed by atoms with E-state index in [1.807, 2.05) is 22.7 Å². The zero-order chi connectivity index (χ0) is 36.7. The van der Waals surface area contributed by atoms with Gasteiger partial charge in [0.15, 0.2) is 0 Å². The van der Waals surface area contributed by atoms with Crippen molar-refractivity contribution < 1.29 is 0 Å². The Hall–Kier alpha value is -6.72. The molecular weight excluding hydrogens is 717 g/mol. The van der Waals surface area contributed by atoms with Crippen molar-refractivity contribution in [2.45, 2.75) is 0 Å². The highest BCUT2D eigenvalue weighted by molar-refractivity contribution is 7.26. The Bertz CT molecular complexity index is 3480. The second-order valence-electron chi connectivity index (χ2n) is 14.5. The maximum Gasteiger partial charge on any atom is 0.109 e. The molecule has 12 rings (SSSR count). The van der Waals surface area contributed by atoms with Crippen LogP contribution in [0.25, 0.3) is 89.9 Å². The molecule has 0 atom stereocenters. The molecule has 0 aliphatic heterocycles. The van der Waals surface area contributed by atoms with E-state index in [1.165, 1.54) is 89.9 Å². The van der Waals surface area contributed by atoms with E-state index in [0.717, 1.165) is 17.1 Å². The van der Waals surface area contributed by atoms with Gasteiger partial charge >= 0.3 is 0 Å². The minimum atomic E-state index is 1.12. The third-order valence-electron chi connectivity index (χ3n) is 11.4. The van der Waals surface area contributed by atoms with Crippen molar-refractivity contribution in [1.82, 2.24) is 4.40 Å². The Balaban J connectivity index is 0.985. The van der Waals surface area contributed by atoms with E-state index in [2.05, 4.69) is 203 Å². The Morgan fingerprint density at radius 1 is 0.339 bits per heavy atom. The van der Waals surface area contributed by atoms with Gasteiger partial charge in [0.2, 0.25) is 0 Å². The van der Waals surface area contributed by atoms with Gasteiger partial charge in [-0.05, 0) is 105 Å². The average molecular weight is 749 g/mol. The van der Waals surface area contributed by atoms with Crippen LogP contribution < -0.4 is 4.90 Å². The Kier molecular flexibility index (Phi) is 7.00. The fourth-order valence-corrected chi connectivity index (χ4v) is 11.1. The maximum absolute atomic E-state index is 2.45. The summed E-state index contributed by atoms with van der Waals surface area (Å²) < 4.78 is 6.35. The molecule has 0 aliphatic rings. The van der Waals surface area contributed by atoms with Gasteiger partial charge in [-0.1, -0.05) is 127 Å². The standard InChI is InChI=1S/C52H32N2S2/c1-2-11-35(12-3-1)51-44-15-6-8-16-46(44)54-47-28-22-36(31-50(47)56-52(51)54)33-20-23-38(24-21-33)53(40-26-29-49-45(32-40)43-14-7-9-17-48(43)55-49)39-25-27-42-37(30-39)19-18-34-10-4-5-13-41(34)42/h1-32H. The van der Waals surface area contributed by atoms with Crippen LogP contribution in [-0.4, -0.2) is 4.40 Å². The number of thiazole rings is 1. The van der Waals surface area contributed by atoms with Crippen molar-refractivity contribution in [3.8, 4) is 22.3 Å². The molecule has 0 bridgehead atoms. The largest absolute Gasteiger partial charge is 0.310 e. The topological polar surface area (TPSA) is 7.65 Å². The molecule has 3 aromatic heterocycles. The maximum atomic E-state index is 2.45. The fourth-order valence-electron chi connectivity index (χ4n) is 8.74. The van der Waals surface area contributed by atoms with E-state index in [4.69, 9.17) is 0 Å². The molecule has 56 heavy (non-hydrogen) atoms. The summed E-state index contributed by atoms with van der Waals surface area (Å²) in [7, 11) is 0. The summed E-state index contributed by atoms with van der Waals surface area (Å²) in [6.45, 7) is 0. The summed E-state index contributed by atoms with van der Waals surface area (Å²) in [5.41, 5.74) is 10.9. The van der Waals surface area contributed by atoms with Crippen LogP contribution in [0.2, 0.25) is 0 Å². The summed E-state index contributed by atoms with van der Waals surface area (Å²) in [6, 6.07) is 71.4. The van der Waals surface area contributed by atoms with Gasteiger partial charge in [0, 0.05) is 48.2 Å². The van der Waals surface area contributed by atoms with Gasteiger partial charge in [-0.2, -0.15) is 0 Å². The van der Waals surface area contributed by atoms with Crippen LogP contribution in [0.5, 0.6) is 0 Å². The van der Waals surface area contributed by atoms with E-state index >= 15 is 0 Å². The molecule has 262 valence electrons. The van der Waals surface area contributed by atoms with Crippen LogP contribution in [0.1, 0.15) is 0 Å². The number of hydrogen-bond acceptors (Lipinski definition) is 3. The first-order chi connectivity index (χ1) is 27.7. The first kappa shape index (κ1) is 31.6. The zero-order valence-electron chi connectivity index (χ0n) is 30.2. The smallest absolute Gasteiger partial charge is 0.109 e. The SMILES string of the molecule is c1ccc(-c2c3ccccc3n3c2sc2cc(-c4ccc(N(c5ccc6c(ccc7ccccc76)c5)c5ccc6sc7ccccc7c6c5)cc4)ccc23)cc1. The second-order valence-corrected chi connectivity index (χ2v) is 16.7. The molecule has 4 heteroatoms. The van der Waals surface area contributed by atoms with E-state index in [0.29, 0.717) is 0 Å². The molecule has 0 N–H and O–H groups in total. The molecule has 2 nitrogen and oxygen atoms in total. The van der Waals surface area contributed by atoms with Crippen molar-refractivity contribution >= 4 is 107 Å². The molecular formula is C52H32N2S2. The monoisotopic (exact) mass is 748 g/mol.